The average Bonchev–Trinajstić information content (AvgIpc) is 2.87. The first kappa shape index (κ1) is 17.5. The van der Waals surface area contributed by atoms with Crippen LogP contribution in [-0.2, 0) is 0 Å². The summed E-state index contributed by atoms with van der Waals surface area (Å²) in [5.74, 6) is 0.607. The molecule has 0 spiro atoms. The summed E-state index contributed by atoms with van der Waals surface area (Å²) >= 11 is 3.41. The SMILES string of the molecule is CCC(C)(C)[C@@H](NC(=O)O)c1c(C)noc1-c1ccc(Br)cc1. The Morgan fingerprint density at radius 1 is 1.39 bits per heavy atom. The number of carbonyl (C=O) groups is 1. The zero-order chi connectivity index (χ0) is 17.2. The highest BCUT2D eigenvalue weighted by Gasteiger charge is 2.36. The summed E-state index contributed by atoms with van der Waals surface area (Å²) in [6, 6.07) is 7.27. The molecule has 5 nitrogen and oxygen atoms in total. The van der Waals surface area contributed by atoms with Crippen molar-refractivity contribution in [2.45, 2.75) is 40.2 Å². The maximum Gasteiger partial charge on any atom is 0.405 e. The van der Waals surface area contributed by atoms with Crippen molar-refractivity contribution in [2.75, 3.05) is 0 Å². The Hall–Kier alpha value is -1.82. The maximum atomic E-state index is 11.3. The quantitative estimate of drug-likeness (QED) is 0.750. The van der Waals surface area contributed by atoms with Gasteiger partial charge in [0.15, 0.2) is 5.76 Å². The van der Waals surface area contributed by atoms with Gasteiger partial charge in [0.2, 0.25) is 0 Å². The highest BCUT2D eigenvalue weighted by Crippen LogP contribution is 2.42. The maximum absolute atomic E-state index is 11.3. The standard InChI is InChI=1S/C17H21BrN2O3/c1-5-17(3,4)15(19-16(21)22)13-10(2)20-23-14(13)11-6-8-12(18)9-7-11/h6-9,15,19H,5H2,1-4H3,(H,21,22)/t15-/m0/s1. The van der Waals surface area contributed by atoms with Crippen LogP contribution in [-0.4, -0.2) is 16.4 Å². The van der Waals surface area contributed by atoms with Crippen molar-refractivity contribution in [3.63, 3.8) is 0 Å². The minimum absolute atomic E-state index is 0.279. The summed E-state index contributed by atoms with van der Waals surface area (Å²) in [5.41, 5.74) is 2.08. The fraction of sp³-hybridized carbons (Fsp3) is 0.412. The van der Waals surface area contributed by atoms with Gasteiger partial charge in [-0.1, -0.05) is 54.0 Å². The van der Waals surface area contributed by atoms with Crippen LogP contribution in [0, 0.1) is 12.3 Å². The Kier molecular flexibility index (Phi) is 5.14. The van der Waals surface area contributed by atoms with Gasteiger partial charge in [-0.05, 0) is 30.9 Å². The van der Waals surface area contributed by atoms with Crippen LogP contribution in [0.4, 0.5) is 4.79 Å². The average molecular weight is 381 g/mol. The van der Waals surface area contributed by atoms with Crippen molar-refractivity contribution in [3.8, 4) is 11.3 Å². The molecule has 2 rings (SSSR count). The van der Waals surface area contributed by atoms with E-state index in [9.17, 15) is 9.90 Å². The van der Waals surface area contributed by atoms with Gasteiger partial charge in [0.25, 0.3) is 0 Å². The molecular weight excluding hydrogens is 360 g/mol. The predicted molar refractivity (Wildman–Crippen MR) is 92.3 cm³/mol. The highest BCUT2D eigenvalue weighted by atomic mass is 79.9. The molecule has 1 aromatic carbocycles. The van der Waals surface area contributed by atoms with Crippen molar-refractivity contribution in [1.29, 1.82) is 0 Å². The number of carboxylic acid groups (broad SMARTS) is 1. The third-order valence-corrected chi connectivity index (χ3v) is 4.79. The smallest absolute Gasteiger partial charge is 0.405 e. The number of nitrogens with zero attached hydrogens (tertiary/aromatic N) is 1. The molecule has 0 saturated carbocycles. The van der Waals surface area contributed by atoms with E-state index in [0.29, 0.717) is 11.5 Å². The van der Waals surface area contributed by atoms with Crippen LogP contribution in [0.1, 0.15) is 44.5 Å². The Balaban J connectivity index is 2.57. The Morgan fingerprint density at radius 2 is 2.00 bits per heavy atom. The van der Waals surface area contributed by atoms with Gasteiger partial charge < -0.3 is 14.9 Å². The minimum Gasteiger partial charge on any atom is -0.465 e. The first-order valence-corrected chi connectivity index (χ1v) is 8.27. The first-order valence-electron chi connectivity index (χ1n) is 7.48. The Morgan fingerprint density at radius 3 is 2.52 bits per heavy atom. The van der Waals surface area contributed by atoms with Crippen molar-refractivity contribution < 1.29 is 14.4 Å². The molecule has 124 valence electrons. The second kappa shape index (κ2) is 6.74. The van der Waals surface area contributed by atoms with Crippen LogP contribution in [0.5, 0.6) is 0 Å². The lowest BCUT2D eigenvalue weighted by Crippen LogP contribution is -2.37. The van der Waals surface area contributed by atoms with E-state index in [1.165, 1.54) is 0 Å². The van der Waals surface area contributed by atoms with Gasteiger partial charge >= 0.3 is 6.09 Å². The van der Waals surface area contributed by atoms with Crippen LogP contribution in [0.25, 0.3) is 11.3 Å². The number of halogens is 1. The van der Waals surface area contributed by atoms with E-state index in [1.54, 1.807) is 0 Å². The molecule has 2 N–H and O–H groups in total. The van der Waals surface area contributed by atoms with Gasteiger partial charge in [-0.2, -0.15) is 0 Å². The molecule has 6 heteroatoms. The molecule has 23 heavy (non-hydrogen) atoms. The van der Waals surface area contributed by atoms with Gasteiger partial charge in [0.1, 0.15) is 0 Å². The van der Waals surface area contributed by atoms with Crippen LogP contribution < -0.4 is 5.32 Å². The predicted octanol–water partition coefficient (Wildman–Crippen LogP) is 5.16. The molecule has 0 fully saturated rings. The number of nitrogens with one attached hydrogen (secondary N) is 1. The number of amides is 1. The monoisotopic (exact) mass is 380 g/mol. The molecule has 1 atom stereocenters. The topological polar surface area (TPSA) is 75.4 Å². The minimum atomic E-state index is -1.06. The third-order valence-electron chi connectivity index (χ3n) is 4.26. The molecule has 1 amide bonds. The number of aromatic nitrogens is 1. The number of hydrogen-bond donors (Lipinski definition) is 2. The summed E-state index contributed by atoms with van der Waals surface area (Å²) < 4.78 is 6.49. The molecular formula is C17H21BrN2O3. The van der Waals surface area contributed by atoms with E-state index in [2.05, 4.69) is 26.4 Å². The third kappa shape index (κ3) is 3.75. The van der Waals surface area contributed by atoms with Gasteiger partial charge in [0.05, 0.1) is 11.7 Å². The lowest BCUT2D eigenvalue weighted by atomic mass is 9.77. The van der Waals surface area contributed by atoms with E-state index in [1.807, 2.05) is 52.0 Å². The normalized spacial score (nSPS) is 12.9. The fourth-order valence-electron chi connectivity index (χ4n) is 2.51. The molecule has 0 aliphatic carbocycles. The number of aryl methyl sites for hydroxylation is 1. The lowest BCUT2D eigenvalue weighted by molar-refractivity contribution is 0.168. The molecule has 0 radical (unpaired) electrons. The molecule has 2 aromatic rings. The zero-order valence-corrected chi connectivity index (χ0v) is 15.3. The number of benzene rings is 1. The van der Waals surface area contributed by atoms with Crippen molar-refractivity contribution in [3.05, 3.63) is 40.0 Å². The summed E-state index contributed by atoms with van der Waals surface area (Å²) in [4.78, 5) is 11.3. The van der Waals surface area contributed by atoms with Crippen molar-refractivity contribution in [1.82, 2.24) is 10.5 Å². The number of hydrogen-bond acceptors (Lipinski definition) is 3. The van der Waals surface area contributed by atoms with E-state index >= 15 is 0 Å². The molecule has 0 aliphatic rings. The van der Waals surface area contributed by atoms with Crippen molar-refractivity contribution in [2.24, 2.45) is 5.41 Å². The van der Waals surface area contributed by atoms with Crippen LogP contribution in [0.2, 0.25) is 0 Å². The van der Waals surface area contributed by atoms with E-state index in [0.717, 1.165) is 22.0 Å². The lowest BCUT2D eigenvalue weighted by Gasteiger charge is -2.33. The second-order valence-corrected chi connectivity index (χ2v) is 7.16. The Bertz CT molecular complexity index is 692. The van der Waals surface area contributed by atoms with Crippen molar-refractivity contribution >= 4 is 22.0 Å². The summed E-state index contributed by atoms with van der Waals surface area (Å²) in [6.07, 6.45) is -0.249. The molecule has 0 bridgehead atoms. The summed E-state index contributed by atoms with van der Waals surface area (Å²) in [7, 11) is 0. The molecule has 1 aromatic heterocycles. The molecule has 1 heterocycles. The Labute approximate surface area is 144 Å². The van der Waals surface area contributed by atoms with E-state index in [4.69, 9.17) is 4.52 Å². The highest BCUT2D eigenvalue weighted by molar-refractivity contribution is 9.10. The zero-order valence-electron chi connectivity index (χ0n) is 13.7. The van der Waals surface area contributed by atoms with Crippen LogP contribution in [0.15, 0.2) is 33.3 Å². The van der Waals surface area contributed by atoms with Gasteiger partial charge in [-0.25, -0.2) is 4.79 Å². The number of rotatable bonds is 5. The van der Waals surface area contributed by atoms with E-state index in [-0.39, 0.29) is 5.41 Å². The molecule has 0 unspecified atom stereocenters. The van der Waals surface area contributed by atoms with Crippen LogP contribution >= 0.6 is 15.9 Å². The van der Waals surface area contributed by atoms with Gasteiger partial charge in [-0.15, -0.1) is 0 Å². The second-order valence-electron chi connectivity index (χ2n) is 6.24. The van der Waals surface area contributed by atoms with Crippen LogP contribution in [0.3, 0.4) is 0 Å². The molecule has 0 aliphatic heterocycles. The fourth-order valence-corrected chi connectivity index (χ4v) is 2.78. The van der Waals surface area contributed by atoms with E-state index < -0.39 is 12.1 Å². The van der Waals surface area contributed by atoms with Gasteiger partial charge in [-0.3, -0.25) is 0 Å². The molecule has 0 saturated heterocycles. The van der Waals surface area contributed by atoms with Gasteiger partial charge in [0, 0.05) is 15.6 Å². The summed E-state index contributed by atoms with van der Waals surface area (Å²) in [6.45, 7) is 7.94. The largest absolute Gasteiger partial charge is 0.465 e. The first-order chi connectivity index (χ1) is 10.8. The summed E-state index contributed by atoms with van der Waals surface area (Å²) in [5, 5.41) is 16.0.